The highest BCUT2D eigenvalue weighted by Crippen LogP contribution is 2.20. The zero-order valence-corrected chi connectivity index (χ0v) is 16.7. The minimum Gasteiger partial charge on any atom is -0.497 e. The number of morpholine rings is 1. The summed E-state index contributed by atoms with van der Waals surface area (Å²) >= 11 is 0. The molecule has 1 aromatic rings. The number of urea groups is 1. The van der Waals surface area contributed by atoms with E-state index in [1.54, 1.807) is 7.11 Å². The Morgan fingerprint density at radius 2 is 1.81 bits per heavy atom. The minimum absolute atomic E-state index is 0.111. The maximum Gasteiger partial charge on any atom is 0.314 e. The van der Waals surface area contributed by atoms with Crippen LogP contribution in [0.1, 0.15) is 33.3 Å². The van der Waals surface area contributed by atoms with Gasteiger partial charge < -0.3 is 20.1 Å². The van der Waals surface area contributed by atoms with Crippen molar-refractivity contribution in [1.29, 1.82) is 0 Å². The van der Waals surface area contributed by atoms with Gasteiger partial charge in [-0.25, -0.2) is 4.79 Å². The normalized spacial score (nSPS) is 21.3. The van der Waals surface area contributed by atoms with Crippen molar-refractivity contribution in [3.8, 4) is 5.75 Å². The molecule has 1 saturated heterocycles. The highest BCUT2D eigenvalue weighted by Gasteiger charge is 2.33. The fraction of sp³-hybridized carbons (Fsp3) is 0.650. The summed E-state index contributed by atoms with van der Waals surface area (Å²) < 4.78 is 10.9. The van der Waals surface area contributed by atoms with Gasteiger partial charge in [0.15, 0.2) is 0 Å². The molecule has 1 fully saturated rings. The number of carbonyl (C=O) groups excluding carboxylic acids is 1. The molecule has 0 spiro atoms. The molecule has 1 heterocycles. The Bertz CT molecular complexity index is 564. The molecule has 2 N–H and O–H groups in total. The molecule has 1 aliphatic rings. The summed E-state index contributed by atoms with van der Waals surface area (Å²) in [4.78, 5) is 14.5. The van der Waals surface area contributed by atoms with Gasteiger partial charge in [0.05, 0.1) is 19.3 Å². The van der Waals surface area contributed by atoms with Crippen molar-refractivity contribution >= 4 is 6.03 Å². The molecule has 26 heavy (non-hydrogen) atoms. The quantitative estimate of drug-likeness (QED) is 0.781. The third kappa shape index (κ3) is 6.18. The smallest absolute Gasteiger partial charge is 0.314 e. The molecule has 6 heteroatoms. The van der Waals surface area contributed by atoms with Crippen LogP contribution in [0.3, 0.4) is 0 Å². The first-order chi connectivity index (χ1) is 12.3. The number of rotatable bonds is 7. The summed E-state index contributed by atoms with van der Waals surface area (Å²) in [6.07, 6.45) is 1.23. The number of ether oxygens (including phenoxy) is 2. The summed E-state index contributed by atoms with van der Waals surface area (Å²) in [7, 11) is 1.65. The Hall–Kier alpha value is -1.79. The van der Waals surface area contributed by atoms with Crippen molar-refractivity contribution in [3.05, 3.63) is 29.8 Å². The summed E-state index contributed by atoms with van der Waals surface area (Å²) in [5.74, 6) is 0.841. The molecule has 2 amide bonds. The molecule has 0 bridgehead atoms. The van der Waals surface area contributed by atoms with Gasteiger partial charge in [0, 0.05) is 31.7 Å². The zero-order valence-electron chi connectivity index (χ0n) is 16.7. The molecule has 0 saturated carbocycles. The largest absolute Gasteiger partial charge is 0.497 e. The number of nitrogens with zero attached hydrogens (tertiary/aromatic N) is 1. The molecule has 1 aromatic carbocycles. The maximum atomic E-state index is 12.1. The van der Waals surface area contributed by atoms with Gasteiger partial charge in [-0.1, -0.05) is 12.1 Å². The van der Waals surface area contributed by atoms with Crippen LogP contribution in [0, 0.1) is 0 Å². The molecule has 2 rings (SSSR count). The molecule has 146 valence electrons. The van der Waals surface area contributed by atoms with Crippen molar-refractivity contribution in [2.45, 2.75) is 51.9 Å². The number of methoxy groups -OCH3 is 1. The van der Waals surface area contributed by atoms with E-state index in [1.807, 2.05) is 24.3 Å². The molecule has 0 radical (unpaired) electrons. The standard InChI is InChI=1S/C20H33N3O3/c1-15-12-23(13-16(2)26-15)20(3,4)14-22-19(24)21-11-10-17-6-8-18(25-5)9-7-17/h6-9,15-16H,10-14H2,1-5H3,(H2,21,22,24). The molecular weight excluding hydrogens is 330 g/mol. The number of hydrogen-bond acceptors (Lipinski definition) is 4. The van der Waals surface area contributed by atoms with Crippen molar-refractivity contribution < 1.29 is 14.3 Å². The van der Waals surface area contributed by atoms with Crippen molar-refractivity contribution in [2.24, 2.45) is 0 Å². The highest BCUT2D eigenvalue weighted by molar-refractivity contribution is 5.73. The van der Waals surface area contributed by atoms with Gasteiger partial charge in [0.25, 0.3) is 0 Å². The van der Waals surface area contributed by atoms with E-state index in [-0.39, 0.29) is 23.8 Å². The Kier molecular flexibility index (Phi) is 7.29. The van der Waals surface area contributed by atoms with Crippen LogP contribution in [0.4, 0.5) is 4.79 Å². The van der Waals surface area contributed by atoms with Gasteiger partial charge in [-0.2, -0.15) is 0 Å². The molecule has 2 unspecified atom stereocenters. The average molecular weight is 364 g/mol. The van der Waals surface area contributed by atoms with Crippen LogP contribution in [0.5, 0.6) is 5.75 Å². The summed E-state index contributed by atoms with van der Waals surface area (Å²) in [5, 5.41) is 5.93. The van der Waals surface area contributed by atoms with E-state index in [4.69, 9.17) is 9.47 Å². The molecular formula is C20H33N3O3. The van der Waals surface area contributed by atoms with Crippen LogP contribution in [0.2, 0.25) is 0 Å². The van der Waals surface area contributed by atoms with Gasteiger partial charge in [-0.05, 0) is 51.8 Å². The van der Waals surface area contributed by atoms with Gasteiger partial charge >= 0.3 is 6.03 Å². The van der Waals surface area contributed by atoms with Gasteiger partial charge in [-0.3, -0.25) is 4.90 Å². The second-order valence-electron chi connectivity index (χ2n) is 7.68. The van der Waals surface area contributed by atoms with E-state index in [0.29, 0.717) is 13.1 Å². The van der Waals surface area contributed by atoms with Crippen LogP contribution >= 0.6 is 0 Å². The summed E-state index contributed by atoms with van der Waals surface area (Å²) in [6.45, 7) is 11.5. The van der Waals surface area contributed by atoms with E-state index in [0.717, 1.165) is 25.3 Å². The molecule has 0 aromatic heterocycles. The zero-order chi connectivity index (χ0) is 19.2. The Labute approximate surface area is 157 Å². The molecule has 1 aliphatic heterocycles. The van der Waals surface area contributed by atoms with E-state index < -0.39 is 0 Å². The second kappa shape index (κ2) is 9.24. The van der Waals surface area contributed by atoms with E-state index in [1.165, 1.54) is 5.56 Å². The molecule has 6 nitrogen and oxygen atoms in total. The number of amides is 2. The molecule has 0 aliphatic carbocycles. The third-order valence-electron chi connectivity index (χ3n) is 4.82. The maximum absolute atomic E-state index is 12.1. The Morgan fingerprint density at radius 3 is 2.38 bits per heavy atom. The lowest BCUT2D eigenvalue weighted by Crippen LogP contribution is -2.59. The monoisotopic (exact) mass is 363 g/mol. The number of carbonyl (C=O) groups is 1. The average Bonchev–Trinajstić information content (AvgIpc) is 2.60. The van der Waals surface area contributed by atoms with Crippen LogP contribution in [-0.4, -0.2) is 62.0 Å². The second-order valence-corrected chi connectivity index (χ2v) is 7.68. The van der Waals surface area contributed by atoms with Crippen molar-refractivity contribution in [1.82, 2.24) is 15.5 Å². The Morgan fingerprint density at radius 1 is 1.19 bits per heavy atom. The third-order valence-corrected chi connectivity index (χ3v) is 4.82. The van der Waals surface area contributed by atoms with Crippen LogP contribution in [0.15, 0.2) is 24.3 Å². The Balaban J connectivity index is 1.71. The lowest BCUT2D eigenvalue weighted by molar-refractivity contribution is -0.0947. The van der Waals surface area contributed by atoms with Gasteiger partial charge in [0.2, 0.25) is 0 Å². The predicted molar refractivity (Wildman–Crippen MR) is 104 cm³/mol. The number of hydrogen-bond donors (Lipinski definition) is 2. The highest BCUT2D eigenvalue weighted by atomic mass is 16.5. The van der Waals surface area contributed by atoms with Crippen LogP contribution in [-0.2, 0) is 11.2 Å². The topological polar surface area (TPSA) is 62.8 Å². The van der Waals surface area contributed by atoms with Gasteiger partial charge in [0.1, 0.15) is 5.75 Å². The molecule has 2 atom stereocenters. The SMILES string of the molecule is COc1ccc(CCNC(=O)NCC(C)(C)N2CC(C)OC(C)C2)cc1. The van der Waals surface area contributed by atoms with Crippen molar-refractivity contribution in [3.63, 3.8) is 0 Å². The number of benzene rings is 1. The lowest BCUT2D eigenvalue weighted by Gasteiger charge is -2.45. The fourth-order valence-electron chi connectivity index (χ4n) is 3.26. The lowest BCUT2D eigenvalue weighted by atomic mass is 10.00. The summed E-state index contributed by atoms with van der Waals surface area (Å²) in [6, 6.07) is 7.77. The first-order valence-electron chi connectivity index (χ1n) is 9.35. The predicted octanol–water partition coefficient (Wildman–Crippen LogP) is 2.42. The van der Waals surface area contributed by atoms with E-state index >= 15 is 0 Å². The fourth-order valence-corrected chi connectivity index (χ4v) is 3.26. The first-order valence-corrected chi connectivity index (χ1v) is 9.35. The van der Waals surface area contributed by atoms with Crippen LogP contribution in [0.25, 0.3) is 0 Å². The summed E-state index contributed by atoms with van der Waals surface area (Å²) in [5.41, 5.74) is 1.06. The van der Waals surface area contributed by atoms with Gasteiger partial charge in [-0.15, -0.1) is 0 Å². The van der Waals surface area contributed by atoms with Crippen molar-refractivity contribution in [2.75, 3.05) is 33.3 Å². The number of nitrogens with one attached hydrogen (secondary N) is 2. The van der Waals surface area contributed by atoms with E-state index in [2.05, 4.69) is 43.2 Å². The van der Waals surface area contributed by atoms with E-state index in [9.17, 15) is 4.79 Å². The van der Waals surface area contributed by atoms with Crippen LogP contribution < -0.4 is 15.4 Å². The minimum atomic E-state index is -0.124. The first kappa shape index (κ1) is 20.5.